The van der Waals surface area contributed by atoms with E-state index in [0.29, 0.717) is 30.5 Å². The van der Waals surface area contributed by atoms with Crippen molar-refractivity contribution < 1.29 is 17.9 Å². The van der Waals surface area contributed by atoms with Crippen LogP contribution in [0.3, 0.4) is 0 Å². The van der Waals surface area contributed by atoms with Crippen LogP contribution < -0.4 is 14.2 Å². The van der Waals surface area contributed by atoms with Crippen LogP contribution >= 0.6 is 0 Å². The van der Waals surface area contributed by atoms with Crippen molar-refractivity contribution in [3.63, 3.8) is 0 Å². The van der Waals surface area contributed by atoms with E-state index in [4.69, 9.17) is 9.47 Å². The van der Waals surface area contributed by atoms with Gasteiger partial charge in [0.15, 0.2) is 0 Å². The minimum atomic E-state index is -3.37. The molecular weight excluding hydrogens is 428 g/mol. The maximum Gasteiger partial charge on any atom is 0.237 e. The van der Waals surface area contributed by atoms with Gasteiger partial charge in [0.25, 0.3) is 0 Å². The summed E-state index contributed by atoms with van der Waals surface area (Å²) in [5.41, 5.74) is 0.941. The largest absolute Gasteiger partial charge is 0.491 e. The van der Waals surface area contributed by atoms with Gasteiger partial charge in [0, 0.05) is 18.9 Å². The quantitative estimate of drug-likeness (QED) is 0.508. The zero-order valence-corrected chi connectivity index (χ0v) is 20.8. The van der Waals surface area contributed by atoms with Gasteiger partial charge in [-0.3, -0.25) is 14.6 Å². The van der Waals surface area contributed by atoms with Crippen LogP contribution in [0.2, 0.25) is 0 Å². The van der Waals surface area contributed by atoms with Gasteiger partial charge in [-0.1, -0.05) is 26.0 Å². The van der Waals surface area contributed by atoms with Crippen molar-refractivity contribution in [2.45, 2.75) is 53.2 Å². The Kier molecular flexibility index (Phi) is 9.27. The summed E-state index contributed by atoms with van der Waals surface area (Å²) in [6, 6.07) is 7.05. The van der Waals surface area contributed by atoms with Crippen molar-refractivity contribution in [3.05, 3.63) is 42.4 Å². The first-order chi connectivity index (χ1) is 15.0. The molecule has 0 amide bonds. The van der Waals surface area contributed by atoms with Crippen molar-refractivity contribution in [3.8, 4) is 11.6 Å². The topological polar surface area (TPSA) is 93.7 Å². The van der Waals surface area contributed by atoms with Crippen LogP contribution in [0.4, 0.5) is 5.69 Å². The van der Waals surface area contributed by atoms with Crippen molar-refractivity contribution in [2.24, 2.45) is 5.92 Å². The van der Waals surface area contributed by atoms with Gasteiger partial charge in [0.2, 0.25) is 15.9 Å². The first-order valence-electron chi connectivity index (χ1n) is 10.9. The Morgan fingerprint density at radius 2 is 1.84 bits per heavy atom. The Hall–Kier alpha value is -2.39. The normalized spacial score (nSPS) is 13.1. The second-order valence-electron chi connectivity index (χ2n) is 8.97. The van der Waals surface area contributed by atoms with Crippen molar-refractivity contribution in [1.29, 1.82) is 0 Å². The van der Waals surface area contributed by atoms with E-state index in [1.54, 1.807) is 30.6 Å². The summed E-state index contributed by atoms with van der Waals surface area (Å²) in [7, 11) is -3.37. The van der Waals surface area contributed by atoms with E-state index in [1.807, 2.05) is 26.8 Å². The van der Waals surface area contributed by atoms with E-state index in [1.165, 1.54) is 0 Å². The number of para-hydroxylation sites is 2. The number of sulfonamides is 1. The van der Waals surface area contributed by atoms with Gasteiger partial charge in [-0.15, -0.1) is 0 Å². The predicted molar refractivity (Wildman–Crippen MR) is 128 cm³/mol. The molecule has 9 heteroatoms. The average molecular weight is 465 g/mol. The van der Waals surface area contributed by atoms with E-state index in [2.05, 4.69) is 33.4 Å². The van der Waals surface area contributed by atoms with E-state index in [0.717, 1.165) is 31.5 Å². The molecule has 0 bridgehead atoms. The van der Waals surface area contributed by atoms with Crippen LogP contribution in [0.25, 0.3) is 0 Å². The van der Waals surface area contributed by atoms with E-state index in [9.17, 15) is 8.42 Å². The fourth-order valence-electron chi connectivity index (χ4n) is 2.99. The number of hydrogen-bond acceptors (Lipinski definition) is 7. The Morgan fingerprint density at radius 1 is 1.16 bits per heavy atom. The lowest BCUT2D eigenvalue weighted by Crippen LogP contribution is -2.29. The van der Waals surface area contributed by atoms with Gasteiger partial charge < -0.3 is 9.47 Å². The van der Waals surface area contributed by atoms with Gasteiger partial charge in [0.1, 0.15) is 17.0 Å². The van der Waals surface area contributed by atoms with Crippen LogP contribution in [0.1, 0.15) is 46.7 Å². The Bertz CT molecular complexity index is 960. The summed E-state index contributed by atoms with van der Waals surface area (Å²) in [5, 5.41) is 0. The van der Waals surface area contributed by atoms with Gasteiger partial charge in [-0.25, -0.2) is 13.4 Å². The molecule has 0 aliphatic rings. The lowest BCUT2D eigenvalue weighted by atomic mass is 10.1. The second kappa shape index (κ2) is 11.5. The van der Waals surface area contributed by atoms with Crippen LogP contribution in [-0.4, -0.2) is 54.8 Å². The fraction of sp³-hybridized carbons (Fsp3) is 0.565. The molecule has 2 aromatic rings. The molecule has 1 N–H and O–H groups in total. The van der Waals surface area contributed by atoms with E-state index in [-0.39, 0.29) is 11.5 Å². The Morgan fingerprint density at radius 3 is 2.50 bits per heavy atom. The molecule has 1 heterocycles. The molecule has 32 heavy (non-hydrogen) atoms. The van der Waals surface area contributed by atoms with E-state index < -0.39 is 10.0 Å². The molecule has 0 fully saturated rings. The highest BCUT2D eigenvalue weighted by Gasteiger charge is 2.18. The molecular formula is C23H36N4O4S. The first-order valence-corrected chi connectivity index (χ1v) is 12.8. The number of rotatable bonds is 12. The maximum atomic E-state index is 11.6. The van der Waals surface area contributed by atoms with Crippen molar-refractivity contribution in [1.82, 2.24) is 14.9 Å². The summed E-state index contributed by atoms with van der Waals surface area (Å²) in [4.78, 5) is 11.1. The predicted octanol–water partition coefficient (Wildman–Crippen LogP) is 3.95. The lowest BCUT2D eigenvalue weighted by molar-refractivity contribution is 0.118. The summed E-state index contributed by atoms with van der Waals surface area (Å²) in [5.74, 6) is 1.38. The molecule has 0 radical (unpaired) electrons. The second-order valence-corrected chi connectivity index (χ2v) is 10.7. The molecule has 1 atom stereocenters. The summed E-state index contributed by atoms with van der Waals surface area (Å²) in [6.07, 6.45) is 5.39. The highest BCUT2D eigenvalue weighted by atomic mass is 32.2. The SMILES string of the molecule is CCN(CCC(C)COc1ccccc1NS(C)(=O)=O)Cc1nccnc1OC(C)(C)C. The summed E-state index contributed by atoms with van der Waals surface area (Å²) >= 11 is 0. The smallest absolute Gasteiger partial charge is 0.237 e. The average Bonchev–Trinajstić information content (AvgIpc) is 2.69. The Labute approximate surface area is 192 Å². The Balaban J connectivity index is 1.91. The molecule has 0 aliphatic heterocycles. The first kappa shape index (κ1) is 25.9. The van der Waals surface area contributed by atoms with Crippen LogP contribution in [-0.2, 0) is 16.6 Å². The molecule has 0 saturated carbocycles. The van der Waals surface area contributed by atoms with Gasteiger partial charge in [0.05, 0.1) is 18.6 Å². The number of benzene rings is 1. The molecule has 8 nitrogen and oxygen atoms in total. The minimum absolute atomic E-state index is 0.280. The number of hydrogen-bond donors (Lipinski definition) is 1. The van der Waals surface area contributed by atoms with Gasteiger partial charge in [-0.2, -0.15) is 0 Å². The maximum absolute atomic E-state index is 11.6. The molecule has 2 rings (SSSR count). The molecule has 1 unspecified atom stereocenters. The molecule has 0 aliphatic carbocycles. The number of nitrogens with zero attached hydrogens (tertiary/aromatic N) is 3. The van der Waals surface area contributed by atoms with Crippen molar-refractivity contribution >= 4 is 15.7 Å². The monoisotopic (exact) mass is 464 g/mol. The molecule has 178 valence electrons. The minimum Gasteiger partial charge on any atom is -0.491 e. The molecule has 0 spiro atoms. The number of aromatic nitrogens is 2. The van der Waals surface area contributed by atoms with Crippen LogP contribution in [0, 0.1) is 5.92 Å². The number of anilines is 1. The lowest BCUT2D eigenvalue weighted by Gasteiger charge is -2.25. The number of nitrogens with one attached hydrogen (secondary N) is 1. The van der Waals surface area contributed by atoms with Gasteiger partial charge in [-0.05, 0) is 58.3 Å². The molecule has 1 aromatic heterocycles. The van der Waals surface area contributed by atoms with Crippen LogP contribution in [0.15, 0.2) is 36.7 Å². The van der Waals surface area contributed by atoms with Crippen molar-refractivity contribution in [2.75, 3.05) is 30.7 Å². The third-order valence-corrected chi connectivity index (χ3v) is 5.19. The zero-order chi connectivity index (χ0) is 23.8. The highest BCUT2D eigenvalue weighted by molar-refractivity contribution is 7.92. The third kappa shape index (κ3) is 9.40. The molecule has 1 aromatic carbocycles. The molecule has 0 saturated heterocycles. The summed E-state index contributed by atoms with van der Waals surface area (Å²) < 4.78 is 37.5. The van der Waals surface area contributed by atoms with Crippen LogP contribution in [0.5, 0.6) is 11.6 Å². The summed E-state index contributed by atoms with van der Waals surface area (Å²) in [6.45, 7) is 13.1. The highest BCUT2D eigenvalue weighted by Crippen LogP contribution is 2.25. The van der Waals surface area contributed by atoms with E-state index >= 15 is 0 Å². The third-order valence-electron chi connectivity index (χ3n) is 4.60. The zero-order valence-electron chi connectivity index (χ0n) is 20.0. The number of ether oxygens (including phenoxy) is 2. The van der Waals surface area contributed by atoms with Gasteiger partial charge >= 0.3 is 0 Å². The fourth-order valence-corrected chi connectivity index (χ4v) is 3.56. The standard InChI is InChI=1S/C23H36N4O4S/c1-7-27(16-20-22(25-14-13-24-20)31-23(3,4)5)15-12-18(2)17-30-21-11-9-8-10-19(21)26-32(6,28)29/h8-11,13-14,18,26H,7,12,15-17H2,1-6H3.